The Morgan fingerprint density at radius 2 is 2.13 bits per heavy atom. The van der Waals surface area contributed by atoms with Crippen molar-refractivity contribution < 1.29 is 4.39 Å². The lowest BCUT2D eigenvalue weighted by molar-refractivity contribution is 0.625. The number of nitrogens with one attached hydrogen (secondary N) is 2. The lowest BCUT2D eigenvalue weighted by Crippen LogP contribution is -2.38. The first-order valence-electron chi connectivity index (χ1n) is 7.42. The number of hydrogen-bond acceptors (Lipinski definition) is 2. The predicted molar refractivity (Wildman–Crippen MR) is 102 cm³/mol. The number of rotatable bonds is 6. The monoisotopic (exact) mass is 431 g/mol. The Hall–Kier alpha value is -1.64. The van der Waals surface area contributed by atoms with Crippen LogP contribution in [0.5, 0.6) is 0 Å². The van der Waals surface area contributed by atoms with Crippen LogP contribution in [0.4, 0.5) is 4.39 Å². The van der Waals surface area contributed by atoms with Gasteiger partial charge in [0.25, 0.3) is 0 Å². The van der Waals surface area contributed by atoms with Gasteiger partial charge in [-0.3, -0.25) is 4.68 Å². The normalized spacial score (nSPS) is 11.0. The molecule has 0 bridgehead atoms. The number of hydrogen-bond donors (Lipinski definition) is 2. The van der Waals surface area contributed by atoms with Crippen molar-refractivity contribution in [2.24, 2.45) is 12.0 Å². The van der Waals surface area contributed by atoms with Gasteiger partial charge in [0.05, 0.1) is 12.2 Å². The minimum Gasteiger partial charge on any atom is -0.357 e. The van der Waals surface area contributed by atoms with Crippen LogP contribution < -0.4 is 10.6 Å². The summed E-state index contributed by atoms with van der Waals surface area (Å²) in [5.41, 5.74) is 2.01. The Morgan fingerprint density at radius 3 is 2.78 bits per heavy atom. The van der Waals surface area contributed by atoms with Gasteiger partial charge in [0.15, 0.2) is 5.96 Å². The van der Waals surface area contributed by atoms with Crippen LogP contribution in [-0.2, 0) is 20.0 Å². The lowest BCUT2D eigenvalue weighted by atomic mass is 10.1. The van der Waals surface area contributed by atoms with Crippen LogP contribution in [0.15, 0.2) is 41.5 Å². The van der Waals surface area contributed by atoms with E-state index in [9.17, 15) is 4.39 Å². The van der Waals surface area contributed by atoms with E-state index in [1.807, 2.05) is 26.1 Å². The summed E-state index contributed by atoms with van der Waals surface area (Å²) >= 11 is 0. The van der Waals surface area contributed by atoms with Gasteiger partial charge in [0.1, 0.15) is 5.82 Å². The van der Waals surface area contributed by atoms with Crippen LogP contribution >= 0.6 is 24.0 Å². The molecule has 0 saturated heterocycles. The maximum atomic E-state index is 13.1. The van der Waals surface area contributed by atoms with Gasteiger partial charge in [0.2, 0.25) is 0 Å². The van der Waals surface area contributed by atoms with Crippen molar-refractivity contribution in [1.29, 1.82) is 0 Å². The van der Waals surface area contributed by atoms with E-state index < -0.39 is 0 Å². The van der Waals surface area contributed by atoms with E-state index >= 15 is 0 Å². The molecule has 5 nitrogen and oxygen atoms in total. The third-order valence-electron chi connectivity index (χ3n) is 3.26. The predicted octanol–water partition coefficient (Wildman–Crippen LogP) is 2.48. The molecular weight excluding hydrogens is 408 g/mol. The Morgan fingerprint density at radius 1 is 1.30 bits per heavy atom. The highest BCUT2D eigenvalue weighted by atomic mass is 127. The highest BCUT2D eigenvalue weighted by molar-refractivity contribution is 14.0. The molecule has 2 aromatic rings. The smallest absolute Gasteiger partial charge is 0.191 e. The molecule has 2 N–H and O–H groups in total. The van der Waals surface area contributed by atoms with Crippen LogP contribution in [0, 0.1) is 5.82 Å². The molecule has 7 heteroatoms. The second-order valence-electron chi connectivity index (χ2n) is 4.95. The third-order valence-corrected chi connectivity index (χ3v) is 3.26. The summed E-state index contributed by atoms with van der Waals surface area (Å²) in [5, 5.41) is 10.6. The fourth-order valence-electron chi connectivity index (χ4n) is 2.08. The zero-order chi connectivity index (χ0) is 15.8. The minimum absolute atomic E-state index is 0. The summed E-state index contributed by atoms with van der Waals surface area (Å²) in [6, 6.07) is 8.61. The molecule has 0 aliphatic carbocycles. The number of benzene rings is 1. The van der Waals surface area contributed by atoms with E-state index in [4.69, 9.17) is 0 Å². The summed E-state index contributed by atoms with van der Waals surface area (Å²) in [6.07, 6.45) is 2.50. The Balaban J connectivity index is 0.00000264. The highest BCUT2D eigenvalue weighted by Crippen LogP contribution is 2.03. The number of guanidine groups is 1. The van der Waals surface area contributed by atoms with Crippen LogP contribution in [-0.4, -0.2) is 28.8 Å². The van der Waals surface area contributed by atoms with Gasteiger partial charge in [-0.25, -0.2) is 9.38 Å². The number of aliphatic imine (C=N–C) groups is 1. The molecular formula is C16H23FIN5. The molecule has 0 amide bonds. The third kappa shape index (κ3) is 6.55. The van der Waals surface area contributed by atoms with Crippen LogP contribution in [0.3, 0.4) is 0 Å². The Bertz CT molecular complexity index is 626. The van der Waals surface area contributed by atoms with Gasteiger partial charge in [-0.05, 0) is 37.1 Å². The van der Waals surface area contributed by atoms with E-state index in [2.05, 4.69) is 20.7 Å². The van der Waals surface area contributed by atoms with Crippen molar-refractivity contribution in [3.05, 3.63) is 53.6 Å². The van der Waals surface area contributed by atoms with E-state index in [1.54, 1.807) is 23.0 Å². The quantitative estimate of drug-likeness (QED) is 0.420. The largest absolute Gasteiger partial charge is 0.357 e. The van der Waals surface area contributed by atoms with Crippen molar-refractivity contribution in [3.63, 3.8) is 0 Å². The van der Waals surface area contributed by atoms with Gasteiger partial charge in [-0.15, -0.1) is 24.0 Å². The first-order valence-corrected chi connectivity index (χ1v) is 7.42. The molecule has 23 heavy (non-hydrogen) atoms. The maximum absolute atomic E-state index is 13.1. The molecule has 0 unspecified atom stereocenters. The fraction of sp³-hybridized carbons (Fsp3) is 0.375. The van der Waals surface area contributed by atoms with Crippen molar-refractivity contribution >= 4 is 29.9 Å². The van der Waals surface area contributed by atoms with E-state index in [0.29, 0.717) is 13.1 Å². The topological polar surface area (TPSA) is 54.2 Å². The molecule has 1 aromatic carbocycles. The van der Waals surface area contributed by atoms with Crippen molar-refractivity contribution in [2.45, 2.75) is 19.9 Å². The first kappa shape index (κ1) is 19.4. The zero-order valence-corrected chi connectivity index (χ0v) is 15.8. The molecule has 2 rings (SSSR count). The van der Waals surface area contributed by atoms with Crippen LogP contribution in [0.1, 0.15) is 18.2 Å². The van der Waals surface area contributed by atoms with Gasteiger partial charge in [0, 0.05) is 26.3 Å². The molecule has 0 aliphatic heterocycles. The number of aromatic nitrogens is 2. The van der Waals surface area contributed by atoms with E-state index in [0.717, 1.165) is 30.2 Å². The van der Waals surface area contributed by atoms with Gasteiger partial charge in [-0.1, -0.05) is 12.1 Å². The van der Waals surface area contributed by atoms with E-state index in [-0.39, 0.29) is 29.8 Å². The van der Waals surface area contributed by atoms with Gasteiger partial charge < -0.3 is 10.6 Å². The second-order valence-corrected chi connectivity index (χ2v) is 4.95. The van der Waals surface area contributed by atoms with Crippen LogP contribution in [0.2, 0.25) is 0 Å². The van der Waals surface area contributed by atoms with Crippen molar-refractivity contribution in [1.82, 2.24) is 20.4 Å². The molecule has 126 valence electrons. The molecule has 0 spiro atoms. The Labute approximate surface area is 153 Å². The fourth-order valence-corrected chi connectivity index (χ4v) is 2.08. The summed E-state index contributed by atoms with van der Waals surface area (Å²) in [4.78, 5) is 4.53. The zero-order valence-electron chi connectivity index (χ0n) is 13.4. The SMILES string of the molecule is CCNC(=NCc1ccnn1C)NCCc1cccc(F)c1.I. The highest BCUT2D eigenvalue weighted by Gasteiger charge is 2.01. The molecule has 1 aromatic heterocycles. The first-order chi connectivity index (χ1) is 10.7. The van der Waals surface area contributed by atoms with Gasteiger partial charge in [-0.2, -0.15) is 5.10 Å². The summed E-state index contributed by atoms with van der Waals surface area (Å²) in [7, 11) is 1.90. The minimum atomic E-state index is -0.200. The van der Waals surface area contributed by atoms with Crippen molar-refractivity contribution in [3.8, 4) is 0 Å². The molecule has 1 heterocycles. The average molecular weight is 431 g/mol. The average Bonchev–Trinajstić information content (AvgIpc) is 2.90. The standard InChI is InChI=1S/C16H22FN5.HI/c1-3-18-16(20-12-15-8-10-21-22(15)2)19-9-7-13-5-4-6-14(17)11-13;/h4-6,8,10-11H,3,7,9,12H2,1-2H3,(H2,18,19,20);1H. The Kier molecular flexibility index (Phi) is 8.60. The lowest BCUT2D eigenvalue weighted by Gasteiger charge is -2.11. The molecule has 0 atom stereocenters. The summed E-state index contributed by atoms with van der Waals surface area (Å²) < 4.78 is 14.9. The van der Waals surface area contributed by atoms with E-state index in [1.165, 1.54) is 6.07 Å². The maximum Gasteiger partial charge on any atom is 0.191 e. The van der Waals surface area contributed by atoms with Crippen molar-refractivity contribution in [2.75, 3.05) is 13.1 Å². The second kappa shape index (κ2) is 10.2. The number of nitrogens with zero attached hydrogens (tertiary/aromatic N) is 3. The number of halogens is 2. The molecule has 0 saturated carbocycles. The molecule has 0 aliphatic rings. The molecule has 0 radical (unpaired) electrons. The summed E-state index contributed by atoms with van der Waals surface area (Å²) in [6.45, 7) is 4.07. The van der Waals surface area contributed by atoms with Crippen LogP contribution in [0.25, 0.3) is 0 Å². The van der Waals surface area contributed by atoms with Gasteiger partial charge >= 0.3 is 0 Å². The molecule has 0 fully saturated rings. The summed E-state index contributed by atoms with van der Waals surface area (Å²) in [5.74, 6) is 0.550. The number of aryl methyl sites for hydroxylation is 1.